The van der Waals surface area contributed by atoms with Gasteiger partial charge in [-0.1, -0.05) is 13.0 Å². The Morgan fingerprint density at radius 1 is 1.16 bits per heavy atom. The molecule has 194 valence electrons. The molecular formula is C29H32F2N4O2. The second-order valence-corrected chi connectivity index (χ2v) is 10.9. The van der Waals surface area contributed by atoms with Crippen molar-refractivity contribution in [1.29, 1.82) is 0 Å². The van der Waals surface area contributed by atoms with Crippen molar-refractivity contribution in [2.45, 2.75) is 51.6 Å². The summed E-state index contributed by atoms with van der Waals surface area (Å²) in [7, 11) is 1.91. The normalized spacial score (nSPS) is 22.9. The van der Waals surface area contributed by atoms with Gasteiger partial charge in [0.1, 0.15) is 5.65 Å². The third-order valence-electron chi connectivity index (χ3n) is 8.85. The van der Waals surface area contributed by atoms with E-state index in [0.717, 1.165) is 73.0 Å². The number of hydrogen-bond acceptors (Lipinski definition) is 4. The molecule has 6 rings (SSSR count). The number of aliphatic carboxylic acids is 1. The molecule has 1 aliphatic carbocycles. The van der Waals surface area contributed by atoms with Gasteiger partial charge in [0.05, 0.1) is 5.92 Å². The van der Waals surface area contributed by atoms with Gasteiger partial charge < -0.3 is 15.0 Å². The molecule has 0 radical (unpaired) electrons. The average Bonchev–Trinajstić information content (AvgIpc) is 3.22. The molecule has 8 heteroatoms. The maximum atomic E-state index is 14.3. The molecule has 2 N–H and O–H groups in total. The zero-order valence-corrected chi connectivity index (χ0v) is 21.2. The third-order valence-corrected chi connectivity index (χ3v) is 8.85. The van der Waals surface area contributed by atoms with E-state index in [-0.39, 0.29) is 11.8 Å². The van der Waals surface area contributed by atoms with Gasteiger partial charge in [-0.15, -0.1) is 0 Å². The lowest BCUT2D eigenvalue weighted by molar-refractivity contribution is -0.143. The van der Waals surface area contributed by atoms with Gasteiger partial charge in [0.2, 0.25) is 0 Å². The van der Waals surface area contributed by atoms with Gasteiger partial charge in [0.15, 0.2) is 11.6 Å². The number of hydrogen-bond donors (Lipinski definition) is 2. The number of aromatic nitrogens is 2. The van der Waals surface area contributed by atoms with E-state index in [1.807, 2.05) is 24.9 Å². The van der Waals surface area contributed by atoms with Crippen LogP contribution in [0.3, 0.4) is 0 Å². The van der Waals surface area contributed by atoms with Crippen LogP contribution in [-0.4, -0.2) is 52.1 Å². The first-order valence-corrected chi connectivity index (χ1v) is 13.2. The van der Waals surface area contributed by atoms with E-state index in [0.29, 0.717) is 23.8 Å². The van der Waals surface area contributed by atoms with Crippen LogP contribution < -0.4 is 4.90 Å². The number of nitrogens with one attached hydrogen (secondary N) is 1. The fourth-order valence-corrected chi connectivity index (χ4v) is 6.64. The van der Waals surface area contributed by atoms with Gasteiger partial charge in [-0.2, -0.15) is 0 Å². The molecule has 4 heterocycles. The van der Waals surface area contributed by atoms with Crippen molar-refractivity contribution >= 4 is 28.3 Å². The average molecular weight is 507 g/mol. The summed E-state index contributed by atoms with van der Waals surface area (Å²) in [5.74, 6) is -2.37. The zero-order valence-electron chi connectivity index (χ0n) is 21.2. The van der Waals surface area contributed by atoms with E-state index in [1.54, 1.807) is 6.20 Å². The Hall–Kier alpha value is -3.26. The van der Waals surface area contributed by atoms with Crippen LogP contribution >= 0.6 is 0 Å². The molecule has 1 aromatic carbocycles. The van der Waals surface area contributed by atoms with Crippen molar-refractivity contribution in [3.8, 4) is 11.1 Å². The van der Waals surface area contributed by atoms with Crippen molar-refractivity contribution in [2.75, 3.05) is 25.0 Å². The summed E-state index contributed by atoms with van der Waals surface area (Å²) in [5, 5.41) is 10.3. The summed E-state index contributed by atoms with van der Waals surface area (Å²) in [6.45, 7) is 4.22. The van der Waals surface area contributed by atoms with Crippen molar-refractivity contribution in [3.63, 3.8) is 0 Å². The Morgan fingerprint density at radius 2 is 1.92 bits per heavy atom. The zero-order chi connectivity index (χ0) is 25.8. The van der Waals surface area contributed by atoms with Crippen LogP contribution in [0.5, 0.6) is 0 Å². The molecule has 3 aliphatic rings. The molecule has 1 fully saturated rings. The summed E-state index contributed by atoms with van der Waals surface area (Å²) < 4.78 is 28.4. The number of fused-ring (bicyclic) bond motifs is 2. The van der Waals surface area contributed by atoms with E-state index in [2.05, 4.69) is 20.9 Å². The molecule has 0 saturated heterocycles. The number of pyridine rings is 1. The molecule has 1 atom stereocenters. The number of benzene rings is 1. The second-order valence-electron chi connectivity index (χ2n) is 10.9. The van der Waals surface area contributed by atoms with Gasteiger partial charge in [0.25, 0.3) is 0 Å². The number of aromatic amines is 1. The number of carboxylic acid groups (broad SMARTS) is 1. The van der Waals surface area contributed by atoms with Crippen molar-refractivity contribution in [3.05, 3.63) is 53.4 Å². The summed E-state index contributed by atoms with van der Waals surface area (Å²) in [4.78, 5) is 24.0. The van der Waals surface area contributed by atoms with Crippen LogP contribution in [0.15, 0.2) is 30.5 Å². The van der Waals surface area contributed by atoms with Crippen molar-refractivity contribution < 1.29 is 18.7 Å². The van der Waals surface area contributed by atoms with Gasteiger partial charge in [-0.3, -0.25) is 9.69 Å². The monoisotopic (exact) mass is 506 g/mol. The lowest BCUT2D eigenvalue weighted by Gasteiger charge is -2.39. The first-order chi connectivity index (χ1) is 17.8. The lowest BCUT2D eigenvalue weighted by Crippen LogP contribution is -2.41. The number of carboxylic acids is 1. The number of halogens is 2. The Labute approximate surface area is 215 Å². The minimum absolute atomic E-state index is 0.271. The van der Waals surface area contributed by atoms with Gasteiger partial charge in [0, 0.05) is 72.9 Å². The SMILES string of the molecule is CC(C(=O)O)C1CCC(N2CC=C(c3[nH]c4nccc5c4c3CN(C)c3cc(F)c(F)cc3-5)CC2)CC1. The van der Waals surface area contributed by atoms with Gasteiger partial charge in [-0.25, -0.2) is 13.8 Å². The van der Waals surface area contributed by atoms with Crippen LogP contribution in [0, 0.1) is 23.5 Å². The number of H-pyrrole nitrogens is 1. The first kappa shape index (κ1) is 24.1. The molecule has 3 aromatic rings. The van der Waals surface area contributed by atoms with Crippen LogP contribution in [0.2, 0.25) is 0 Å². The quantitative estimate of drug-likeness (QED) is 0.466. The summed E-state index contributed by atoms with van der Waals surface area (Å²) in [5.41, 5.74) is 6.41. The highest BCUT2D eigenvalue weighted by molar-refractivity contribution is 6.02. The van der Waals surface area contributed by atoms with E-state index < -0.39 is 17.6 Å². The highest BCUT2D eigenvalue weighted by Crippen LogP contribution is 2.44. The maximum Gasteiger partial charge on any atom is 0.306 e. The van der Waals surface area contributed by atoms with E-state index in [9.17, 15) is 18.7 Å². The highest BCUT2D eigenvalue weighted by atomic mass is 19.2. The molecular weight excluding hydrogens is 474 g/mol. The number of nitrogens with zero attached hydrogens (tertiary/aromatic N) is 3. The van der Waals surface area contributed by atoms with Gasteiger partial charge in [-0.05, 0) is 61.3 Å². The fourth-order valence-electron chi connectivity index (χ4n) is 6.64. The summed E-state index contributed by atoms with van der Waals surface area (Å²) in [6, 6.07) is 4.97. The second kappa shape index (κ2) is 9.24. The Bertz CT molecular complexity index is 1410. The topological polar surface area (TPSA) is 72.5 Å². The van der Waals surface area contributed by atoms with Crippen LogP contribution in [-0.2, 0) is 11.3 Å². The minimum atomic E-state index is -0.849. The maximum absolute atomic E-state index is 14.3. The minimum Gasteiger partial charge on any atom is -0.481 e. The molecule has 2 aliphatic heterocycles. The largest absolute Gasteiger partial charge is 0.481 e. The van der Waals surface area contributed by atoms with E-state index >= 15 is 0 Å². The molecule has 0 amide bonds. The van der Waals surface area contributed by atoms with E-state index in [4.69, 9.17) is 0 Å². The molecule has 0 spiro atoms. The first-order valence-electron chi connectivity index (χ1n) is 13.2. The third kappa shape index (κ3) is 4.11. The standard InChI is InChI=1S/C29H32F2N4O2/c1-16(29(36)37)17-3-5-19(6-4-17)35-11-8-18(9-12-35)27-22-15-34(2)25-14-24(31)23(30)13-21(25)20-7-10-32-28(33-27)26(20)22/h7-8,10,13-14,16-17,19H,3-6,9,11-12,15H2,1-2H3,(H,32,33)(H,36,37). The van der Waals surface area contributed by atoms with Crippen molar-refractivity contribution in [1.82, 2.24) is 14.9 Å². The Balaban J connectivity index is 1.27. The molecule has 1 unspecified atom stereocenters. The lowest BCUT2D eigenvalue weighted by atomic mass is 9.78. The molecule has 37 heavy (non-hydrogen) atoms. The molecule has 0 bridgehead atoms. The fraction of sp³-hybridized carbons (Fsp3) is 0.448. The number of rotatable bonds is 4. The Morgan fingerprint density at radius 3 is 2.62 bits per heavy atom. The Kier molecular flexibility index (Phi) is 6.02. The van der Waals surface area contributed by atoms with Gasteiger partial charge >= 0.3 is 5.97 Å². The predicted octanol–water partition coefficient (Wildman–Crippen LogP) is 5.83. The smallest absolute Gasteiger partial charge is 0.306 e. The number of carbonyl (C=O) groups is 1. The van der Waals surface area contributed by atoms with E-state index in [1.165, 1.54) is 17.7 Å². The molecule has 1 saturated carbocycles. The predicted molar refractivity (Wildman–Crippen MR) is 140 cm³/mol. The van der Waals surface area contributed by atoms with Crippen LogP contribution in [0.4, 0.5) is 14.5 Å². The molecule has 2 aromatic heterocycles. The van der Waals surface area contributed by atoms with Crippen molar-refractivity contribution in [2.24, 2.45) is 11.8 Å². The summed E-state index contributed by atoms with van der Waals surface area (Å²) in [6.07, 6.45) is 8.96. The van der Waals surface area contributed by atoms with Crippen LogP contribution in [0.25, 0.3) is 27.7 Å². The van der Waals surface area contributed by atoms with Crippen LogP contribution in [0.1, 0.15) is 50.3 Å². The number of anilines is 1. The highest BCUT2D eigenvalue weighted by Gasteiger charge is 2.33. The summed E-state index contributed by atoms with van der Waals surface area (Å²) >= 11 is 0. The molecule has 6 nitrogen and oxygen atoms in total.